The van der Waals surface area contributed by atoms with Crippen molar-refractivity contribution in [1.29, 1.82) is 0 Å². The summed E-state index contributed by atoms with van der Waals surface area (Å²) in [4.78, 5) is 42.7. The van der Waals surface area contributed by atoms with E-state index in [4.69, 9.17) is 4.74 Å². The topological polar surface area (TPSA) is 116 Å². The summed E-state index contributed by atoms with van der Waals surface area (Å²) < 4.78 is 14.0. The molecule has 0 radical (unpaired) electrons. The van der Waals surface area contributed by atoms with Gasteiger partial charge >= 0.3 is 17.9 Å². The minimum Gasteiger partial charge on any atom is -0.462 e. The molecule has 0 aromatic carbocycles. The van der Waals surface area contributed by atoms with Crippen LogP contribution in [0.4, 0.5) is 0 Å². The smallest absolute Gasteiger partial charge is 0.303 e. The van der Waals surface area contributed by atoms with Crippen LogP contribution in [0.15, 0.2) is 11.6 Å². The first kappa shape index (κ1) is 31.8. The molecule has 0 heterocycles. The van der Waals surface area contributed by atoms with E-state index in [-0.39, 0.29) is 30.5 Å². The third-order valence-corrected chi connectivity index (χ3v) is 6.61. The largest absolute Gasteiger partial charge is 0.462 e. The molecule has 206 valence electrons. The van der Waals surface area contributed by atoms with Gasteiger partial charge in [-0.3, -0.25) is 19.2 Å². The molecule has 0 spiro atoms. The van der Waals surface area contributed by atoms with Gasteiger partial charge in [-0.1, -0.05) is 45.1 Å². The summed E-state index contributed by atoms with van der Waals surface area (Å²) in [5.41, 5.74) is 1.43. The minimum absolute atomic E-state index is 0.0364. The number of hydrogen-bond acceptors (Lipinski definition) is 8. The van der Waals surface area contributed by atoms with Gasteiger partial charge in [-0.2, -0.15) is 0 Å². The molecule has 0 bridgehead atoms. The Kier molecular flexibility index (Phi) is 14.0. The molecule has 0 saturated heterocycles. The first-order valence-corrected chi connectivity index (χ1v) is 13.1. The van der Waals surface area contributed by atoms with Crippen molar-refractivity contribution in [3.8, 4) is 0 Å². The molecular formula is C28H46O8. The summed E-state index contributed by atoms with van der Waals surface area (Å²) in [6.45, 7) is 9.74. The highest BCUT2D eigenvalue weighted by molar-refractivity contribution is 5.91. The van der Waals surface area contributed by atoms with Crippen LogP contribution in [0.3, 0.4) is 0 Å². The summed E-state index contributed by atoms with van der Waals surface area (Å²) in [6.07, 6.45) is 12.0. The van der Waals surface area contributed by atoms with Crippen LogP contribution in [0, 0.1) is 17.3 Å². The Bertz CT molecular complexity index is 752. The fourth-order valence-electron chi connectivity index (χ4n) is 5.29. The maximum absolute atomic E-state index is 11.0. The van der Waals surface area contributed by atoms with Crippen molar-refractivity contribution in [2.45, 2.75) is 112 Å². The van der Waals surface area contributed by atoms with Crippen molar-refractivity contribution in [2.75, 3.05) is 13.2 Å². The molecule has 3 aliphatic carbocycles. The average Bonchev–Trinajstić information content (AvgIpc) is 2.74. The van der Waals surface area contributed by atoms with E-state index >= 15 is 0 Å². The zero-order valence-corrected chi connectivity index (χ0v) is 23.0. The number of aliphatic hydroxyl groups excluding tert-OH is 1. The normalized spacial score (nSPS) is 24.5. The van der Waals surface area contributed by atoms with E-state index in [9.17, 15) is 24.3 Å². The molecule has 0 aromatic heterocycles. The van der Waals surface area contributed by atoms with Crippen molar-refractivity contribution in [3.63, 3.8) is 0 Å². The summed E-state index contributed by atoms with van der Waals surface area (Å²) in [7, 11) is 0. The molecule has 3 rings (SSSR count). The Morgan fingerprint density at radius 3 is 1.94 bits per heavy atom. The number of hydrogen-bond donors (Lipinski definition) is 1. The van der Waals surface area contributed by atoms with Gasteiger partial charge in [0.05, 0.1) is 6.10 Å². The number of rotatable bonds is 5. The zero-order valence-electron chi connectivity index (χ0n) is 23.0. The Morgan fingerprint density at radius 1 is 0.917 bits per heavy atom. The maximum atomic E-state index is 11.0. The second-order valence-electron chi connectivity index (χ2n) is 11.1. The molecule has 0 aliphatic heterocycles. The average molecular weight is 511 g/mol. The molecule has 2 fully saturated rings. The molecule has 8 heteroatoms. The van der Waals surface area contributed by atoms with E-state index in [2.05, 4.69) is 23.3 Å². The Labute approximate surface area is 216 Å². The summed E-state index contributed by atoms with van der Waals surface area (Å²) >= 11 is 0. The fourth-order valence-corrected chi connectivity index (χ4v) is 5.29. The van der Waals surface area contributed by atoms with Crippen LogP contribution in [0.25, 0.3) is 0 Å². The third-order valence-electron chi connectivity index (χ3n) is 6.61. The highest BCUT2D eigenvalue weighted by atomic mass is 16.6. The van der Waals surface area contributed by atoms with Gasteiger partial charge in [0.2, 0.25) is 0 Å². The van der Waals surface area contributed by atoms with Crippen LogP contribution in [0.1, 0.15) is 99.3 Å². The quantitative estimate of drug-likeness (QED) is 0.418. The summed E-state index contributed by atoms with van der Waals surface area (Å²) in [5.74, 6) is 0.637. The van der Waals surface area contributed by atoms with Crippen molar-refractivity contribution >= 4 is 23.7 Å². The van der Waals surface area contributed by atoms with Crippen LogP contribution in [-0.2, 0) is 33.4 Å². The van der Waals surface area contributed by atoms with Crippen molar-refractivity contribution in [2.24, 2.45) is 17.3 Å². The van der Waals surface area contributed by atoms with Crippen LogP contribution in [0.2, 0.25) is 0 Å². The van der Waals surface area contributed by atoms with Gasteiger partial charge < -0.3 is 19.3 Å². The van der Waals surface area contributed by atoms with Crippen LogP contribution in [-0.4, -0.2) is 54.2 Å². The predicted molar refractivity (Wildman–Crippen MR) is 136 cm³/mol. The van der Waals surface area contributed by atoms with Crippen LogP contribution in [0.5, 0.6) is 0 Å². The summed E-state index contributed by atoms with van der Waals surface area (Å²) in [5, 5.41) is 9.45. The van der Waals surface area contributed by atoms with Gasteiger partial charge in [0.1, 0.15) is 13.2 Å². The molecule has 0 aromatic rings. The Morgan fingerprint density at radius 2 is 1.47 bits per heavy atom. The van der Waals surface area contributed by atoms with Crippen LogP contribution < -0.4 is 0 Å². The SMILES string of the molecule is CC(=O)OCC(COC(C)=O)OC(C)=O.CC1=CC(=O)CC(C)(C)C1.OC1CCC2CCCCC2C1. The van der Waals surface area contributed by atoms with Gasteiger partial charge in [0.15, 0.2) is 11.9 Å². The van der Waals surface area contributed by atoms with E-state index in [1.165, 1.54) is 58.4 Å². The molecule has 3 atom stereocenters. The number of esters is 3. The lowest BCUT2D eigenvalue weighted by Crippen LogP contribution is -2.29. The van der Waals surface area contributed by atoms with E-state index in [0.29, 0.717) is 6.42 Å². The van der Waals surface area contributed by atoms with E-state index in [1.54, 1.807) is 6.08 Å². The van der Waals surface area contributed by atoms with Gasteiger partial charge in [-0.15, -0.1) is 0 Å². The Hall–Kier alpha value is -2.22. The lowest BCUT2D eigenvalue weighted by atomic mass is 9.70. The van der Waals surface area contributed by atoms with Crippen molar-refractivity contribution in [3.05, 3.63) is 11.6 Å². The Balaban J connectivity index is 0.000000276. The van der Waals surface area contributed by atoms with Gasteiger partial charge in [-0.25, -0.2) is 0 Å². The molecule has 3 aliphatic rings. The molecule has 1 N–H and O–H groups in total. The predicted octanol–water partition coefficient (Wildman–Crippen LogP) is 4.70. The number of fused-ring (bicyclic) bond motifs is 1. The lowest BCUT2D eigenvalue weighted by molar-refractivity contribution is -0.163. The van der Waals surface area contributed by atoms with E-state index in [1.807, 2.05) is 6.92 Å². The van der Waals surface area contributed by atoms with Gasteiger partial charge in [0.25, 0.3) is 0 Å². The van der Waals surface area contributed by atoms with Crippen molar-refractivity contribution in [1.82, 2.24) is 0 Å². The first-order chi connectivity index (χ1) is 16.8. The van der Waals surface area contributed by atoms with Gasteiger partial charge in [-0.05, 0) is 55.9 Å². The monoisotopic (exact) mass is 510 g/mol. The molecule has 2 saturated carbocycles. The first-order valence-electron chi connectivity index (χ1n) is 13.1. The number of allylic oxidation sites excluding steroid dienone is 2. The summed E-state index contributed by atoms with van der Waals surface area (Å²) in [6, 6.07) is 0. The standard InChI is InChI=1S/C10H18O.C9H14O6.C9H14O/c11-10-6-5-8-3-1-2-4-9(8)7-10;1-6(10)13-4-9(15-8(3)12)5-14-7(2)11;1-7-4-8(10)6-9(2,3)5-7/h8-11H,1-7H2;9H,4-5H2,1-3H3;4H,5-6H2,1-3H3. The lowest BCUT2D eigenvalue weighted by Gasteiger charge is -2.37. The van der Waals surface area contributed by atoms with Gasteiger partial charge in [0, 0.05) is 27.2 Å². The number of ether oxygens (including phenoxy) is 3. The third kappa shape index (κ3) is 14.4. The number of carbonyl (C=O) groups excluding carboxylic acids is 4. The highest BCUT2D eigenvalue weighted by Gasteiger charge is 2.31. The highest BCUT2D eigenvalue weighted by Crippen LogP contribution is 2.40. The molecule has 8 nitrogen and oxygen atoms in total. The molecular weight excluding hydrogens is 464 g/mol. The maximum Gasteiger partial charge on any atom is 0.303 e. The second-order valence-corrected chi connectivity index (χ2v) is 11.1. The fraction of sp³-hybridized carbons (Fsp3) is 0.786. The number of carbonyl (C=O) groups is 4. The second kappa shape index (κ2) is 15.8. The number of aliphatic hydroxyl groups is 1. The van der Waals surface area contributed by atoms with Crippen LogP contribution >= 0.6 is 0 Å². The van der Waals surface area contributed by atoms with E-state index < -0.39 is 24.0 Å². The van der Waals surface area contributed by atoms with E-state index in [0.717, 1.165) is 31.1 Å². The minimum atomic E-state index is -0.754. The molecule has 3 unspecified atom stereocenters. The number of ketones is 1. The zero-order chi connectivity index (χ0) is 27.3. The van der Waals surface area contributed by atoms with Crippen molar-refractivity contribution < 1.29 is 38.5 Å². The molecule has 36 heavy (non-hydrogen) atoms. The molecule has 0 amide bonds.